The number of nitrogens with zero attached hydrogens (tertiary/aromatic N) is 4. The van der Waals surface area contributed by atoms with Crippen LogP contribution in [0.1, 0.15) is 23.1 Å². The Morgan fingerprint density at radius 1 is 0.458 bits per heavy atom. The Bertz CT molecular complexity index is 2260. The van der Waals surface area contributed by atoms with Gasteiger partial charge in [0.15, 0.2) is 17.5 Å². The third-order valence-corrected chi connectivity index (χ3v) is 8.86. The number of aryl methyl sites for hydroxylation is 1. The summed E-state index contributed by atoms with van der Waals surface area (Å²) in [6.45, 7) is 0. The molecule has 48 heavy (non-hydrogen) atoms. The number of hydrogen-bond donors (Lipinski definition) is 0. The van der Waals surface area contributed by atoms with Crippen LogP contribution in [0.3, 0.4) is 0 Å². The molecule has 1 heterocycles. The Morgan fingerprint density at radius 2 is 0.958 bits per heavy atom. The molecule has 7 aromatic rings. The predicted molar refractivity (Wildman–Crippen MR) is 195 cm³/mol. The Labute approximate surface area is 280 Å². The van der Waals surface area contributed by atoms with E-state index in [0.717, 1.165) is 51.8 Å². The number of rotatable bonds is 6. The van der Waals surface area contributed by atoms with Gasteiger partial charge >= 0.3 is 0 Å². The summed E-state index contributed by atoms with van der Waals surface area (Å²) in [5.41, 5.74) is 12.8. The summed E-state index contributed by atoms with van der Waals surface area (Å²) in [6, 6.07) is 51.9. The molecule has 0 saturated heterocycles. The minimum atomic E-state index is 0.642. The van der Waals surface area contributed by atoms with E-state index in [1.807, 2.05) is 84.9 Å². The van der Waals surface area contributed by atoms with Gasteiger partial charge in [-0.05, 0) is 69.5 Å². The molecule has 0 N–H and O–H groups in total. The molecule has 1 aliphatic carbocycles. The van der Waals surface area contributed by atoms with E-state index in [1.54, 1.807) is 0 Å². The van der Waals surface area contributed by atoms with Crippen LogP contribution in [0.5, 0.6) is 0 Å². The van der Waals surface area contributed by atoms with Gasteiger partial charge in [-0.25, -0.2) is 15.0 Å². The quantitative estimate of drug-likeness (QED) is 0.187. The average molecular weight is 615 g/mol. The lowest BCUT2D eigenvalue weighted by Gasteiger charge is -2.18. The van der Waals surface area contributed by atoms with Crippen molar-refractivity contribution in [3.8, 4) is 73.6 Å². The monoisotopic (exact) mass is 614 g/mol. The van der Waals surface area contributed by atoms with Crippen molar-refractivity contribution in [1.82, 2.24) is 15.0 Å². The zero-order chi connectivity index (χ0) is 32.3. The highest BCUT2D eigenvalue weighted by molar-refractivity contribution is 5.85. The van der Waals surface area contributed by atoms with Crippen molar-refractivity contribution in [2.75, 3.05) is 0 Å². The third-order valence-electron chi connectivity index (χ3n) is 8.86. The van der Waals surface area contributed by atoms with Crippen LogP contribution in [0.15, 0.2) is 152 Å². The van der Waals surface area contributed by atoms with Crippen molar-refractivity contribution in [2.45, 2.75) is 12.8 Å². The molecule has 4 nitrogen and oxygen atoms in total. The van der Waals surface area contributed by atoms with E-state index < -0.39 is 0 Å². The summed E-state index contributed by atoms with van der Waals surface area (Å²) in [6.07, 6.45) is 6.56. The maximum Gasteiger partial charge on any atom is 0.164 e. The van der Waals surface area contributed by atoms with E-state index >= 15 is 0 Å². The molecule has 1 aromatic heterocycles. The van der Waals surface area contributed by atoms with Gasteiger partial charge in [-0.15, -0.1) is 0 Å². The van der Waals surface area contributed by atoms with Gasteiger partial charge in [-0.3, -0.25) is 0 Å². The summed E-state index contributed by atoms with van der Waals surface area (Å²) in [5.74, 6) is 1.94. The zero-order valence-electron chi connectivity index (χ0n) is 26.2. The molecule has 0 unspecified atom stereocenters. The standard InChI is InChI=1S/C44H30N4/c45-29-37-16-8-9-17-39(37)31-21-23-32(24-22-31)41-28-38(27-36-15-7-10-18-40(36)41)30-19-25-35(26-20-30)44-47-42(33-11-3-1-4-12-33)46-43(48-44)34-13-5-2-6-14-34/h1-6,8-14,16-28H,7,15H2. The Balaban J connectivity index is 1.17. The van der Waals surface area contributed by atoms with Crippen LogP contribution in [0.4, 0.5) is 0 Å². The molecule has 0 spiro atoms. The van der Waals surface area contributed by atoms with Crippen molar-refractivity contribution in [1.29, 1.82) is 5.26 Å². The highest BCUT2D eigenvalue weighted by Crippen LogP contribution is 2.37. The Morgan fingerprint density at radius 3 is 1.56 bits per heavy atom. The molecule has 0 atom stereocenters. The number of allylic oxidation sites excluding steroid dienone is 1. The number of benzene rings is 6. The molecule has 226 valence electrons. The average Bonchev–Trinajstić information content (AvgIpc) is 3.18. The predicted octanol–water partition coefficient (Wildman–Crippen LogP) is 10.7. The van der Waals surface area contributed by atoms with Crippen molar-refractivity contribution in [3.63, 3.8) is 0 Å². The molecular weight excluding hydrogens is 585 g/mol. The molecule has 0 saturated carbocycles. The second kappa shape index (κ2) is 12.7. The molecule has 1 aliphatic rings. The van der Waals surface area contributed by atoms with Crippen LogP contribution in [0.25, 0.3) is 73.6 Å². The number of aromatic nitrogens is 3. The van der Waals surface area contributed by atoms with Crippen molar-refractivity contribution < 1.29 is 0 Å². The fourth-order valence-electron chi connectivity index (χ4n) is 6.37. The van der Waals surface area contributed by atoms with Crippen LogP contribution in [0.2, 0.25) is 0 Å². The summed E-state index contributed by atoms with van der Waals surface area (Å²) in [5, 5.41) is 9.62. The first-order chi connectivity index (χ1) is 23.7. The normalized spacial score (nSPS) is 11.9. The maximum atomic E-state index is 9.62. The molecule has 8 rings (SSSR count). The minimum absolute atomic E-state index is 0.642. The lowest BCUT2D eigenvalue weighted by atomic mass is 9.86. The summed E-state index contributed by atoms with van der Waals surface area (Å²) in [4.78, 5) is 14.6. The second-order valence-electron chi connectivity index (χ2n) is 11.9. The second-order valence-corrected chi connectivity index (χ2v) is 11.9. The first-order valence-electron chi connectivity index (χ1n) is 16.1. The van der Waals surface area contributed by atoms with Gasteiger partial charge < -0.3 is 0 Å². The number of fused-ring (bicyclic) bond motifs is 1. The summed E-state index contributed by atoms with van der Waals surface area (Å²) >= 11 is 0. The van der Waals surface area contributed by atoms with Gasteiger partial charge in [0.1, 0.15) is 0 Å². The molecule has 6 aromatic carbocycles. The summed E-state index contributed by atoms with van der Waals surface area (Å²) in [7, 11) is 0. The summed E-state index contributed by atoms with van der Waals surface area (Å²) < 4.78 is 0. The molecule has 0 fully saturated rings. The highest BCUT2D eigenvalue weighted by Gasteiger charge is 2.16. The first kappa shape index (κ1) is 29.0. The third kappa shape index (κ3) is 5.70. The van der Waals surface area contributed by atoms with Crippen LogP contribution in [-0.2, 0) is 6.42 Å². The van der Waals surface area contributed by atoms with Crippen LogP contribution >= 0.6 is 0 Å². The van der Waals surface area contributed by atoms with E-state index in [4.69, 9.17) is 15.0 Å². The SMILES string of the molecule is N#Cc1ccccc1-c1ccc(-c2cc(-c3ccc(-c4nc(-c5ccccc5)nc(-c5ccccc5)n4)cc3)cc3c2C=CCC3)cc1. The van der Waals surface area contributed by atoms with Crippen LogP contribution < -0.4 is 0 Å². The van der Waals surface area contributed by atoms with Crippen molar-refractivity contribution >= 4 is 6.08 Å². The van der Waals surface area contributed by atoms with Gasteiger partial charge in [0.05, 0.1) is 11.6 Å². The lowest BCUT2D eigenvalue weighted by Crippen LogP contribution is -2.00. The number of nitriles is 1. The molecule has 4 heteroatoms. The zero-order valence-corrected chi connectivity index (χ0v) is 26.2. The van der Waals surface area contributed by atoms with Gasteiger partial charge in [0, 0.05) is 16.7 Å². The smallest absolute Gasteiger partial charge is 0.164 e. The van der Waals surface area contributed by atoms with E-state index in [-0.39, 0.29) is 0 Å². The van der Waals surface area contributed by atoms with Gasteiger partial charge in [0.25, 0.3) is 0 Å². The Kier molecular flexibility index (Phi) is 7.70. The molecular formula is C44H30N4. The lowest BCUT2D eigenvalue weighted by molar-refractivity contribution is 0.987. The van der Waals surface area contributed by atoms with Crippen molar-refractivity contribution in [2.24, 2.45) is 0 Å². The van der Waals surface area contributed by atoms with Crippen LogP contribution in [-0.4, -0.2) is 15.0 Å². The fraction of sp³-hybridized carbons (Fsp3) is 0.0455. The number of hydrogen-bond acceptors (Lipinski definition) is 4. The molecule has 0 radical (unpaired) electrons. The topological polar surface area (TPSA) is 62.5 Å². The largest absolute Gasteiger partial charge is 0.208 e. The molecule has 0 amide bonds. The van der Waals surface area contributed by atoms with Crippen molar-refractivity contribution in [3.05, 3.63) is 168 Å². The van der Waals surface area contributed by atoms with Crippen LogP contribution in [0, 0.1) is 11.3 Å². The van der Waals surface area contributed by atoms with Gasteiger partial charge in [-0.2, -0.15) is 5.26 Å². The maximum absolute atomic E-state index is 9.62. The minimum Gasteiger partial charge on any atom is -0.208 e. The molecule has 0 bridgehead atoms. The van der Waals surface area contributed by atoms with E-state index in [2.05, 4.69) is 78.9 Å². The van der Waals surface area contributed by atoms with Gasteiger partial charge in [0.2, 0.25) is 0 Å². The van der Waals surface area contributed by atoms with E-state index in [0.29, 0.717) is 23.0 Å². The van der Waals surface area contributed by atoms with E-state index in [9.17, 15) is 5.26 Å². The highest BCUT2D eigenvalue weighted by atomic mass is 15.0. The van der Waals surface area contributed by atoms with E-state index in [1.165, 1.54) is 22.3 Å². The Hall–Kier alpha value is -6.44. The van der Waals surface area contributed by atoms with Gasteiger partial charge in [-0.1, -0.05) is 146 Å². The molecule has 0 aliphatic heterocycles. The first-order valence-corrected chi connectivity index (χ1v) is 16.1. The fourth-order valence-corrected chi connectivity index (χ4v) is 6.37.